The molecule has 0 bridgehead atoms. The Morgan fingerprint density at radius 3 is 2.33 bits per heavy atom. The lowest BCUT2D eigenvalue weighted by Gasteiger charge is -2.20. The monoisotopic (exact) mass is 393 g/mol. The molecule has 2 fully saturated rings. The first-order chi connectivity index (χ1) is 13.0. The fraction of sp³-hybridized carbons (Fsp3) is 0.650. The van der Waals surface area contributed by atoms with Crippen LogP contribution in [-0.2, 0) is 21.2 Å². The van der Waals surface area contributed by atoms with Crippen molar-refractivity contribution in [1.82, 2.24) is 9.62 Å². The van der Waals surface area contributed by atoms with E-state index < -0.39 is 10.0 Å². The number of aryl methyl sites for hydroxylation is 1. The molecule has 1 saturated carbocycles. The Kier molecular flexibility index (Phi) is 6.89. The van der Waals surface area contributed by atoms with E-state index in [1.54, 1.807) is 16.4 Å². The van der Waals surface area contributed by atoms with Gasteiger partial charge in [-0.1, -0.05) is 25.0 Å². The SMILES string of the molecule is NC(CNC(=O)CCc1ccc(S(=O)(=O)N2CCCCCC2)cc1)C1CC1. The molecule has 1 atom stereocenters. The molecule has 3 rings (SSSR count). The number of nitrogens with zero attached hydrogens (tertiary/aromatic N) is 1. The predicted molar refractivity (Wildman–Crippen MR) is 106 cm³/mol. The van der Waals surface area contributed by atoms with Crippen LogP contribution < -0.4 is 11.1 Å². The number of hydrogen-bond donors (Lipinski definition) is 2. The highest BCUT2D eigenvalue weighted by atomic mass is 32.2. The summed E-state index contributed by atoms with van der Waals surface area (Å²) in [6.45, 7) is 1.75. The average molecular weight is 394 g/mol. The summed E-state index contributed by atoms with van der Waals surface area (Å²) in [4.78, 5) is 12.3. The van der Waals surface area contributed by atoms with Crippen LogP contribution >= 0.6 is 0 Å². The van der Waals surface area contributed by atoms with Gasteiger partial charge in [0.15, 0.2) is 0 Å². The summed E-state index contributed by atoms with van der Waals surface area (Å²) in [5.41, 5.74) is 6.95. The molecule has 1 amide bonds. The second kappa shape index (κ2) is 9.17. The lowest BCUT2D eigenvalue weighted by atomic mass is 10.1. The van der Waals surface area contributed by atoms with Gasteiger partial charge in [0, 0.05) is 32.1 Å². The lowest BCUT2D eigenvalue weighted by molar-refractivity contribution is -0.121. The fourth-order valence-corrected chi connectivity index (χ4v) is 5.05. The largest absolute Gasteiger partial charge is 0.355 e. The van der Waals surface area contributed by atoms with Crippen LogP contribution in [0.4, 0.5) is 0 Å². The van der Waals surface area contributed by atoms with E-state index in [1.165, 1.54) is 12.8 Å². The van der Waals surface area contributed by atoms with Gasteiger partial charge in [-0.15, -0.1) is 0 Å². The third-order valence-electron chi connectivity index (χ3n) is 5.53. The molecule has 6 nitrogen and oxygen atoms in total. The molecule has 1 aromatic carbocycles. The predicted octanol–water partition coefficient (Wildman–Crippen LogP) is 2.04. The average Bonchev–Trinajstić information content (AvgIpc) is 3.51. The van der Waals surface area contributed by atoms with Gasteiger partial charge < -0.3 is 11.1 Å². The second-order valence-electron chi connectivity index (χ2n) is 7.77. The van der Waals surface area contributed by atoms with Crippen molar-refractivity contribution in [3.63, 3.8) is 0 Å². The summed E-state index contributed by atoms with van der Waals surface area (Å²) in [6, 6.07) is 7.02. The van der Waals surface area contributed by atoms with Crippen LogP contribution in [0.3, 0.4) is 0 Å². The van der Waals surface area contributed by atoms with Crippen LogP contribution in [0.5, 0.6) is 0 Å². The maximum absolute atomic E-state index is 12.8. The van der Waals surface area contributed by atoms with E-state index in [9.17, 15) is 13.2 Å². The minimum absolute atomic E-state index is 0.00707. The van der Waals surface area contributed by atoms with E-state index in [1.807, 2.05) is 12.1 Å². The van der Waals surface area contributed by atoms with Gasteiger partial charge in [0.25, 0.3) is 0 Å². The van der Waals surface area contributed by atoms with Crippen molar-refractivity contribution in [3.05, 3.63) is 29.8 Å². The Labute approximate surface area is 162 Å². The Bertz CT molecular complexity index is 721. The van der Waals surface area contributed by atoms with Gasteiger partial charge in [-0.3, -0.25) is 4.79 Å². The molecule has 0 aromatic heterocycles. The summed E-state index contributed by atoms with van der Waals surface area (Å²) in [5.74, 6) is 0.566. The Hall–Kier alpha value is -1.44. The first kappa shape index (κ1) is 20.3. The molecular weight excluding hydrogens is 362 g/mol. The van der Waals surface area contributed by atoms with Gasteiger partial charge in [0.2, 0.25) is 15.9 Å². The second-order valence-corrected chi connectivity index (χ2v) is 9.71. The molecule has 1 aliphatic carbocycles. The minimum atomic E-state index is -3.41. The highest BCUT2D eigenvalue weighted by Gasteiger charge is 2.28. The van der Waals surface area contributed by atoms with Crippen molar-refractivity contribution in [2.75, 3.05) is 19.6 Å². The van der Waals surface area contributed by atoms with E-state index in [2.05, 4.69) is 5.32 Å². The Balaban J connectivity index is 1.49. The molecule has 3 N–H and O–H groups in total. The lowest BCUT2D eigenvalue weighted by Crippen LogP contribution is -2.38. The summed E-state index contributed by atoms with van der Waals surface area (Å²) >= 11 is 0. The third-order valence-corrected chi connectivity index (χ3v) is 7.44. The van der Waals surface area contributed by atoms with Gasteiger partial charge in [-0.25, -0.2) is 8.42 Å². The van der Waals surface area contributed by atoms with Crippen molar-refractivity contribution < 1.29 is 13.2 Å². The van der Waals surface area contributed by atoms with E-state index >= 15 is 0 Å². The molecule has 7 heteroatoms. The summed E-state index contributed by atoms with van der Waals surface area (Å²) < 4.78 is 27.2. The normalized spacial score (nSPS) is 20.0. The zero-order chi connectivity index (χ0) is 19.3. The van der Waals surface area contributed by atoms with Crippen molar-refractivity contribution in [2.45, 2.75) is 62.3 Å². The van der Waals surface area contributed by atoms with Gasteiger partial charge in [0.05, 0.1) is 4.90 Å². The quantitative estimate of drug-likeness (QED) is 0.707. The molecule has 0 spiro atoms. The van der Waals surface area contributed by atoms with E-state index in [-0.39, 0.29) is 11.9 Å². The van der Waals surface area contributed by atoms with Crippen LogP contribution in [-0.4, -0.2) is 44.3 Å². The van der Waals surface area contributed by atoms with Crippen molar-refractivity contribution >= 4 is 15.9 Å². The van der Waals surface area contributed by atoms with Crippen LogP contribution in [0.2, 0.25) is 0 Å². The van der Waals surface area contributed by atoms with Gasteiger partial charge in [-0.2, -0.15) is 4.31 Å². The van der Waals surface area contributed by atoms with Crippen molar-refractivity contribution in [3.8, 4) is 0 Å². The smallest absolute Gasteiger partial charge is 0.243 e. The van der Waals surface area contributed by atoms with Crippen LogP contribution in [0.25, 0.3) is 0 Å². The molecule has 1 saturated heterocycles. The number of carbonyl (C=O) groups is 1. The van der Waals surface area contributed by atoms with Crippen LogP contribution in [0.1, 0.15) is 50.5 Å². The third kappa shape index (κ3) is 5.77. The molecule has 2 aliphatic rings. The summed E-state index contributed by atoms with van der Waals surface area (Å²) in [7, 11) is -3.41. The minimum Gasteiger partial charge on any atom is -0.355 e. The number of nitrogens with two attached hydrogens (primary N) is 1. The molecule has 1 aliphatic heterocycles. The number of amides is 1. The summed E-state index contributed by atoms with van der Waals surface area (Å²) in [5, 5.41) is 2.89. The molecule has 1 heterocycles. The zero-order valence-corrected chi connectivity index (χ0v) is 16.7. The van der Waals surface area contributed by atoms with Gasteiger partial charge >= 0.3 is 0 Å². The number of benzene rings is 1. The van der Waals surface area contributed by atoms with Crippen molar-refractivity contribution in [1.29, 1.82) is 0 Å². The number of sulfonamides is 1. The number of nitrogens with one attached hydrogen (secondary N) is 1. The van der Waals surface area contributed by atoms with Crippen LogP contribution in [0, 0.1) is 5.92 Å². The fourth-order valence-electron chi connectivity index (χ4n) is 3.53. The molecule has 0 radical (unpaired) electrons. The van der Waals surface area contributed by atoms with E-state index in [0.717, 1.165) is 31.2 Å². The van der Waals surface area contributed by atoms with E-state index in [4.69, 9.17) is 5.73 Å². The molecular formula is C20H31N3O3S. The van der Waals surface area contributed by atoms with Crippen LogP contribution in [0.15, 0.2) is 29.2 Å². The first-order valence-corrected chi connectivity index (χ1v) is 11.5. The van der Waals surface area contributed by atoms with Gasteiger partial charge in [0.1, 0.15) is 0 Å². The highest BCUT2D eigenvalue weighted by molar-refractivity contribution is 7.89. The summed E-state index contributed by atoms with van der Waals surface area (Å²) in [6.07, 6.45) is 7.36. The molecule has 1 aromatic rings. The number of hydrogen-bond acceptors (Lipinski definition) is 4. The van der Waals surface area contributed by atoms with Gasteiger partial charge in [-0.05, 0) is 55.7 Å². The first-order valence-electron chi connectivity index (χ1n) is 10.1. The standard InChI is InChI=1S/C20H31N3O3S/c21-19(17-8-9-17)15-22-20(24)12-7-16-5-10-18(11-6-16)27(25,26)23-13-3-1-2-4-14-23/h5-6,10-11,17,19H,1-4,7-9,12-15,21H2,(H,22,24). The zero-order valence-electron chi connectivity index (χ0n) is 15.9. The molecule has 150 valence electrons. The molecule has 27 heavy (non-hydrogen) atoms. The maximum Gasteiger partial charge on any atom is 0.243 e. The topological polar surface area (TPSA) is 92.5 Å². The maximum atomic E-state index is 12.8. The molecule has 1 unspecified atom stereocenters. The number of rotatable bonds is 8. The van der Waals surface area contributed by atoms with Crippen molar-refractivity contribution in [2.24, 2.45) is 11.7 Å². The number of carbonyl (C=O) groups excluding carboxylic acids is 1. The Morgan fingerprint density at radius 2 is 1.74 bits per heavy atom. The highest BCUT2D eigenvalue weighted by Crippen LogP contribution is 2.31. The Morgan fingerprint density at radius 1 is 1.11 bits per heavy atom. The van der Waals surface area contributed by atoms with E-state index in [0.29, 0.717) is 43.3 Å².